The predicted molar refractivity (Wildman–Crippen MR) is 127 cm³/mol. The van der Waals surface area contributed by atoms with E-state index in [-0.39, 0.29) is 6.42 Å². The van der Waals surface area contributed by atoms with E-state index in [0.717, 1.165) is 0 Å². The van der Waals surface area contributed by atoms with Crippen molar-refractivity contribution in [1.82, 2.24) is 0 Å². The van der Waals surface area contributed by atoms with Crippen LogP contribution in [0.4, 0.5) is 52.7 Å². The first-order valence-electron chi connectivity index (χ1n) is 9.71. The molecule has 0 aromatic rings. The van der Waals surface area contributed by atoms with Crippen LogP contribution in [0.5, 0.6) is 0 Å². The zero-order chi connectivity index (χ0) is 34.3. The van der Waals surface area contributed by atoms with Gasteiger partial charge in [-0.15, -0.1) is 6.58 Å². The van der Waals surface area contributed by atoms with Crippen molar-refractivity contribution in [2.75, 3.05) is 0 Å². The Bertz CT molecular complexity index is 1180. The van der Waals surface area contributed by atoms with Gasteiger partial charge in [0.2, 0.25) is 7.42 Å². The molecule has 0 amide bonds. The van der Waals surface area contributed by atoms with Crippen LogP contribution in [-0.2, 0) is 39.3 Å². The monoisotopic (exact) mass is 770 g/mol. The first-order valence-corrected chi connectivity index (χ1v) is 20.5. The molecule has 8 nitrogen and oxygen atoms in total. The molecular formula is C14H20Cl2F12O8S4Si. The number of rotatable bonds is 9. The molecular weight excluding hydrogens is 751 g/mol. The smallest absolute Gasteiger partial charge is 0.218 e. The summed E-state index contributed by atoms with van der Waals surface area (Å²) in [6.45, 7) is 5.92. The largest absolute Gasteiger partial charge is 0.498 e. The van der Waals surface area contributed by atoms with Gasteiger partial charge in [0, 0.05) is 0 Å². The molecule has 0 fully saturated rings. The van der Waals surface area contributed by atoms with Gasteiger partial charge < -0.3 is 0 Å². The number of halogens is 14. The number of allylic oxidation sites excluding steroid dienone is 1. The summed E-state index contributed by atoms with van der Waals surface area (Å²) in [7, 11) is -27.2. The minimum Gasteiger partial charge on any atom is -0.218 e. The van der Waals surface area contributed by atoms with Crippen molar-refractivity contribution in [3.63, 3.8) is 0 Å². The van der Waals surface area contributed by atoms with Gasteiger partial charge in [-0.2, -0.15) is 74.8 Å². The van der Waals surface area contributed by atoms with Crippen LogP contribution in [0.2, 0.25) is 6.55 Å². The van der Waals surface area contributed by atoms with Gasteiger partial charge in [-0.3, -0.25) is 0 Å². The van der Waals surface area contributed by atoms with Crippen molar-refractivity contribution in [2.45, 2.75) is 70.4 Å². The van der Waals surface area contributed by atoms with Crippen LogP contribution < -0.4 is 0 Å². The molecule has 0 saturated carbocycles. The van der Waals surface area contributed by atoms with Crippen LogP contribution in [-0.4, -0.2) is 72.3 Å². The fourth-order valence-corrected chi connectivity index (χ4v) is 8.90. The van der Waals surface area contributed by atoms with Crippen molar-refractivity contribution in [2.24, 2.45) is 0 Å². The summed E-state index contributed by atoms with van der Waals surface area (Å²) < 4.78 is 225. The van der Waals surface area contributed by atoms with E-state index in [2.05, 4.69) is 6.58 Å². The van der Waals surface area contributed by atoms with E-state index in [4.69, 9.17) is 22.2 Å². The second-order valence-electron chi connectivity index (χ2n) is 7.01. The Morgan fingerprint density at radius 3 is 1.02 bits per heavy atom. The van der Waals surface area contributed by atoms with E-state index in [0.29, 0.717) is 6.08 Å². The summed E-state index contributed by atoms with van der Waals surface area (Å²) in [6, 6.07) is 0. The van der Waals surface area contributed by atoms with Crippen molar-refractivity contribution < 1.29 is 86.4 Å². The van der Waals surface area contributed by atoms with Crippen LogP contribution >= 0.6 is 22.2 Å². The lowest BCUT2D eigenvalue weighted by Crippen LogP contribution is -2.44. The van der Waals surface area contributed by atoms with E-state index >= 15 is 0 Å². The molecule has 0 aromatic carbocycles. The second-order valence-corrected chi connectivity index (χ2v) is 21.7. The molecule has 0 radical (unpaired) electrons. The van der Waals surface area contributed by atoms with Gasteiger partial charge in [-0.25, -0.2) is 33.7 Å². The fraction of sp³-hybridized carbons (Fsp3) is 0.857. The molecule has 0 atom stereocenters. The Morgan fingerprint density at radius 1 is 0.634 bits per heavy atom. The van der Waals surface area contributed by atoms with Crippen LogP contribution in [0, 0.1) is 0 Å². The Labute approximate surface area is 237 Å². The third kappa shape index (κ3) is 12.6. The lowest BCUT2D eigenvalue weighted by Gasteiger charge is -2.20. The normalized spacial score (nSPS) is 14.3. The summed E-state index contributed by atoms with van der Waals surface area (Å²) >= 11 is 10.4. The van der Waals surface area contributed by atoms with Crippen molar-refractivity contribution in [3.8, 4) is 0 Å². The maximum absolute atomic E-state index is 12.2. The molecule has 0 heterocycles. The average Bonchev–Trinajstić information content (AvgIpc) is 2.68. The number of hydrogen-bond acceptors (Lipinski definition) is 8. The van der Waals surface area contributed by atoms with Gasteiger partial charge >= 0.3 is 22.0 Å². The van der Waals surface area contributed by atoms with Gasteiger partial charge in [-0.1, -0.05) is 25.8 Å². The van der Waals surface area contributed by atoms with Crippen LogP contribution in [0.1, 0.15) is 32.6 Å². The highest BCUT2D eigenvalue weighted by molar-refractivity contribution is 8.10. The Hall–Kier alpha value is -0.503. The van der Waals surface area contributed by atoms with Crippen LogP contribution in [0.15, 0.2) is 12.7 Å². The summed E-state index contributed by atoms with van der Waals surface area (Å²) in [5.74, 6) is 0. The Morgan fingerprint density at radius 2 is 0.854 bits per heavy atom. The molecule has 41 heavy (non-hydrogen) atoms. The van der Waals surface area contributed by atoms with Gasteiger partial charge in [0.15, 0.2) is 9.16 Å². The van der Waals surface area contributed by atoms with E-state index in [1.54, 1.807) is 0 Å². The quantitative estimate of drug-likeness (QED) is 0.131. The highest BCUT2D eigenvalue weighted by Gasteiger charge is 2.63. The third-order valence-electron chi connectivity index (χ3n) is 3.83. The first kappa shape index (κ1) is 44.9. The van der Waals surface area contributed by atoms with E-state index in [1.807, 2.05) is 6.55 Å². The average molecular weight is 772 g/mol. The fourth-order valence-electron chi connectivity index (χ4n) is 2.00. The zero-order valence-electron chi connectivity index (χ0n) is 20.0. The number of unbranched alkanes of at least 4 members (excludes halogenated alkanes) is 1. The molecule has 0 aliphatic carbocycles. The van der Waals surface area contributed by atoms with E-state index in [9.17, 15) is 86.4 Å². The molecule has 0 bridgehead atoms. The van der Waals surface area contributed by atoms with Crippen LogP contribution in [0.25, 0.3) is 0 Å². The molecule has 27 heteroatoms. The Balaban J connectivity index is -0.000000623. The minimum atomic E-state index is -6.52. The standard InChI is InChI=1S/C7H10F6O4S2.C6H6F6O4S2.CH4Cl2Si/c1-2-3-4-5(18(14,15)6(8,9)10)19(16,17)7(11,12)13;1-2-3-4(17(13,14)5(7,8)9)18(15,16)6(10,11)12;1-4(2)3/h5H,2-4H2,1H3;2,4H,1,3H2;4H,1H3. The highest BCUT2D eigenvalue weighted by atomic mass is 35.7. The topological polar surface area (TPSA) is 137 Å². The number of sulfone groups is 4. The SMILES string of the molecule is C=CCC(S(=O)(=O)C(F)(F)F)S(=O)(=O)C(F)(F)F.CCCCC(S(=O)(=O)C(F)(F)F)S(=O)(=O)C(F)(F)F.C[SiH](Cl)Cl. The van der Waals surface area contributed by atoms with Crippen molar-refractivity contribution >= 4 is 68.9 Å². The summed E-state index contributed by atoms with van der Waals surface area (Å²) in [5, 5.41) is 0. The lowest BCUT2D eigenvalue weighted by molar-refractivity contribution is -0.0483. The summed E-state index contributed by atoms with van der Waals surface area (Å²) in [5.41, 5.74) is -24.4. The summed E-state index contributed by atoms with van der Waals surface area (Å²) in [4.78, 5) is 0. The number of hydrogen-bond donors (Lipinski definition) is 0. The van der Waals surface area contributed by atoms with Gasteiger partial charge in [0.25, 0.3) is 39.3 Å². The van der Waals surface area contributed by atoms with E-state index < -0.39 is 97.2 Å². The summed E-state index contributed by atoms with van der Waals surface area (Å²) in [6.07, 6.45) is -2.81. The molecule has 0 aromatic heterocycles. The van der Waals surface area contributed by atoms with Gasteiger partial charge in [0.1, 0.15) is 0 Å². The minimum absolute atomic E-state index is 0.0389. The zero-order valence-corrected chi connectivity index (χ0v) is 26.0. The maximum Gasteiger partial charge on any atom is 0.498 e. The molecule has 250 valence electrons. The maximum atomic E-state index is 12.2. The second kappa shape index (κ2) is 15.5. The van der Waals surface area contributed by atoms with Gasteiger partial charge in [-0.05, 0) is 19.4 Å². The third-order valence-corrected chi connectivity index (χ3v) is 13.1. The van der Waals surface area contributed by atoms with Gasteiger partial charge in [0.05, 0.1) is 0 Å². The Kier molecular flexibility index (Phi) is 17.0. The van der Waals surface area contributed by atoms with Crippen molar-refractivity contribution in [3.05, 3.63) is 12.7 Å². The van der Waals surface area contributed by atoms with Crippen molar-refractivity contribution in [1.29, 1.82) is 0 Å². The molecule has 0 N–H and O–H groups in total. The molecule has 0 unspecified atom stereocenters. The predicted octanol–water partition coefficient (Wildman–Crippen LogP) is 5.44. The lowest BCUT2D eigenvalue weighted by atomic mass is 10.3. The molecule has 0 aliphatic heterocycles. The molecule has 0 rings (SSSR count). The van der Waals surface area contributed by atoms with E-state index in [1.165, 1.54) is 6.92 Å². The van der Waals surface area contributed by atoms with Crippen LogP contribution in [0.3, 0.4) is 0 Å². The molecule has 0 aliphatic rings. The highest BCUT2D eigenvalue weighted by Crippen LogP contribution is 2.39. The molecule has 0 spiro atoms. The first-order chi connectivity index (χ1) is 17.6. The molecule has 0 saturated heterocycles. The number of alkyl halides is 12.